The quantitative estimate of drug-likeness (QED) is 0.706. The maximum Gasteiger partial charge on any atom is 0.283 e. The number of nitrogens with zero attached hydrogens (tertiary/aromatic N) is 2. The van der Waals surface area contributed by atoms with Gasteiger partial charge in [0.2, 0.25) is 0 Å². The molecule has 0 radical (unpaired) electrons. The highest BCUT2D eigenvalue weighted by Crippen LogP contribution is 2.42. The van der Waals surface area contributed by atoms with Gasteiger partial charge in [-0.3, -0.25) is 0 Å². The van der Waals surface area contributed by atoms with E-state index in [2.05, 4.69) is 0 Å². The van der Waals surface area contributed by atoms with Crippen molar-refractivity contribution in [1.82, 2.24) is 8.61 Å². The van der Waals surface area contributed by atoms with Gasteiger partial charge in [0.1, 0.15) is 0 Å². The number of benzene rings is 2. The van der Waals surface area contributed by atoms with Crippen molar-refractivity contribution in [3.63, 3.8) is 0 Å². The van der Waals surface area contributed by atoms with Crippen molar-refractivity contribution in [2.24, 2.45) is 0 Å². The summed E-state index contributed by atoms with van der Waals surface area (Å²) in [5, 5.41) is 0. The second-order valence-electron chi connectivity index (χ2n) is 8.53. The summed E-state index contributed by atoms with van der Waals surface area (Å²) in [6, 6.07) is 13.2. The second-order valence-corrected chi connectivity index (χ2v) is 10.4. The van der Waals surface area contributed by atoms with Crippen LogP contribution in [-0.4, -0.2) is 63.1 Å². The fourth-order valence-electron chi connectivity index (χ4n) is 4.47. The molecule has 2 aliphatic rings. The van der Waals surface area contributed by atoms with E-state index in [9.17, 15) is 8.42 Å². The lowest BCUT2D eigenvalue weighted by atomic mass is 9.89. The van der Waals surface area contributed by atoms with Crippen LogP contribution in [0.2, 0.25) is 0 Å². The number of hydrogen-bond donors (Lipinski definition) is 0. The molecule has 0 amide bonds. The summed E-state index contributed by atoms with van der Waals surface area (Å²) in [6.45, 7) is 5.30. The van der Waals surface area contributed by atoms with Gasteiger partial charge in [0.05, 0.1) is 32.5 Å². The third-order valence-corrected chi connectivity index (χ3v) is 7.91. The lowest BCUT2D eigenvalue weighted by Crippen LogP contribution is -2.56. The molecule has 168 valence electrons. The van der Waals surface area contributed by atoms with Crippen LogP contribution in [0, 0.1) is 0 Å². The molecule has 1 saturated heterocycles. The van der Waals surface area contributed by atoms with Gasteiger partial charge < -0.3 is 14.2 Å². The van der Waals surface area contributed by atoms with Crippen LogP contribution in [0.15, 0.2) is 42.5 Å². The number of ether oxygens (including phenoxy) is 3. The summed E-state index contributed by atoms with van der Waals surface area (Å²) in [5.74, 6) is 1.24. The SMILES string of the molecule is COc1cc2c(cc1OC)C(c1ccccc1)N(S(=O)(=O)N1CCOC(C)(C)C1)CC2. The van der Waals surface area contributed by atoms with Crippen LogP contribution in [0.25, 0.3) is 0 Å². The fraction of sp³-hybridized carbons (Fsp3) is 0.478. The van der Waals surface area contributed by atoms with Crippen molar-refractivity contribution in [1.29, 1.82) is 0 Å². The maximum atomic E-state index is 13.8. The molecule has 4 rings (SSSR count). The van der Waals surface area contributed by atoms with Crippen LogP contribution < -0.4 is 9.47 Å². The Bertz CT molecular complexity index is 1040. The summed E-state index contributed by atoms with van der Waals surface area (Å²) < 4.78 is 47.6. The highest BCUT2D eigenvalue weighted by atomic mass is 32.2. The van der Waals surface area contributed by atoms with Crippen molar-refractivity contribution < 1.29 is 22.6 Å². The molecule has 2 aromatic carbocycles. The number of hydrogen-bond acceptors (Lipinski definition) is 5. The van der Waals surface area contributed by atoms with Crippen molar-refractivity contribution in [2.75, 3.05) is 40.5 Å². The number of morpholine rings is 1. The third-order valence-electron chi connectivity index (χ3n) is 5.96. The minimum absolute atomic E-state index is 0.326. The van der Waals surface area contributed by atoms with Crippen LogP contribution in [0.3, 0.4) is 0 Å². The van der Waals surface area contributed by atoms with E-state index in [-0.39, 0.29) is 0 Å². The van der Waals surface area contributed by atoms with Gasteiger partial charge in [-0.2, -0.15) is 17.0 Å². The Morgan fingerprint density at radius 2 is 1.71 bits per heavy atom. The molecule has 1 atom stereocenters. The molecule has 0 N–H and O–H groups in total. The Labute approximate surface area is 184 Å². The van der Waals surface area contributed by atoms with Gasteiger partial charge in [0.25, 0.3) is 10.2 Å². The smallest absolute Gasteiger partial charge is 0.283 e. The molecule has 7 nitrogen and oxygen atoms in total. The molecule has 1 fully saturated rings. The Morgan fingerprint density at radius 3 is 2.35 bits per heavy atom. The molecular formula is C23H30N2O5S. The van der Waals surface area contributed by atoms with E-state index in [0.29, 0.717) is 44.2 Å². The average molecular weight is 447 g/mol. The van der Waals surface area contributed by atoms with E-state index >= 15 is 0 Å². The van der Waals surface area contributed by atoms with Crippen molar-refractivity contribution in [2.45, 2.75) is 31.9 Å². The van der Waals surface area contributed by atoms with Gasteiger partial charge in [-0.1, -0.05) is 30.3 Å². The molecule has 2 heterocycles. The monoisotopic (exact) mass is 446 g/mol. The Hall–Kier alpha value is -2.13. The molecule has 0 spiro atoms. The first-order valence-electron chi connectivity index (χ1n) is 10.5. The van der Waals surface area contributed by atoms with Gasteiger partial charge in [-0.15, -0.1) is 0 Å². The van der Waals surface area contributed by atoms with Crippen LogP contribution in [0.5, 0.6) is 11.5 Å². The molecular weight excluding hydrogens is 416 g/mol. The van der Waals surface area contributed by atoms with Gasteiger partial charge in [-0.05, 0) is 49.1 Å². The molecule has 2 aliphatic heterocycles. The predicted molar refractivity (Wildman–Crippen MR) is 119 cm³/mol. The Kier molecular flexibility index (Phi) is 6.00. The number of fused-ring (bicyclic) bond motifs is 1. The summed E-state index contributed by atoms with van der Waals surface area (Å²) in [7, 11) is -0.515. The normalized spacial score (nSPS) is 22.0. The zero-order valence-electron chi connectivity index (χ0n) is 18.5. The standard InChI is InChI=1S/C23H30N2O5S/c1-23(2)16-24(12-13-30-23)31(26,27)25-11-10-18-14-20(28-3)21(29-4)15-19(18)22(25)17-8-6-5-7-9-17/h5-9,14-15,22H,10-13,16H2,1-4H3. The lowest BCUT2D eigenvalue weighted by molar-refractivity contribution is -0.0654. The Balaban J connectivity index is 1.82. The van der Waals surface area contributed by atoms with E-state index in [1.807, 2.05) is 56.3 Å². The fourth-order valence-corrected chi connectivity index (χ4v) is 6.37. The highest BCUT2D eigenvalue weighted by Gasteiger charge is 2.43. The zero-order chi connectivity index (χ0) is 22.2. The summed E-state index contributed by atoms with van der Waals surface area (Å²) >= 11 is 0. The third kappa shape index (κ3) is 4.17. The van der Waals surface area contributed by atoms with Crippen LogP contribution >= 0.6 is 0 Å². The maximum absolute atomic E-state index is 13.8. The van der Waals surface area contributed by atoms with E-state index in [4.69, 9.17) is 14.2 Å². The topological polar surface area (TPSA) is 68.3 Å². The molecule has 0 aliphatic carbocycles. The molecule has 0 saturated carbocycles. The number of rotatable bonds is 5. The van der Waals surface area contributed by atoms with Crippen molar-refractivity contribution >= 4 is 10.2 Å². The molecule has 8 heteroatoms. The van der Waals surface area contributed by atoms with Crippen LogP contribution in [-0.2, 0) is 21.4 Å². The molecule has 0 bridgehead atoms. The van der Waals surface area contributed by atoms with Crippen molar-refractivity contribution in [3.8, 4) is 11.5 Å². The van der Waals surface area contributed by atoms with Gasteiger partial charge in [-0.25, -0.2) is 0 Å². The number of methoxy groups -OCH3 is 2. The summed E-state index contributed by atoms with van der Waals surface area (Å²) in [5.41, 5.74) is 2.40. The zero-order valence-corrected chi connectivity index (χ0v) is 19.3. The molecule has 31 heavy (non-hydrogen) atoms. The highest BCUT2D eigenvalue weighted by molar-refractivity contribution is 7.86. The van der Waals surface area contributed by atoms with E-state index in [1.165, 1.54) is 0 Å². The second kappa shape index (κ2) is 8.43. The van der Waals surface area contributed by atoms with E-state index < -0.39 is 21.9 Å². The molecule has 0 aromatic heterocycles. The molecule has 2 aromatic rings. The van der Waals surface area contributed by atoms with E-state index in [1.54, 1.807) is 22.8 Å². The first kappa shape index (κ1) is 22.1. The molecule has 1 unspecified atom stereocenters. The van der Waals surface area contributed by atoms with Crippen LogP contribution in [0.4, 0.5) is 0 Å². The van der Waals surface area contributed by atoms with E-state index in [0.717, 1.165) is 16.7 Å². The van der Waals surface area contributed by atoms with Crippen LogP contribution in [0.1, 0.15) is 36.6 Å². The van der Waals surface area contributed by atoms with Gasteiger partial charge >= 0.3 is 0 Å². The first-order valence-corrected chi connectivity index (χ1v) is 11.9. The summed E-state index contributed by atoms with van der Waals surface area (Å²) in [6.07, 6.45) is 0.603. The lowest BCUT2D eigenvalue weighted by Gasteiger charge is -2.43. The summed E-state index contributed by atoms with van der Waals surface area (Å²) in [4.78, 5) is 0. The van der Waals surface area contributed by atoms with Crippen molar-refractivity contribution in [3.05, 3.63) is 59.2 Å². The predicted octanol–water partition coefficient (Wildman–Crippen LogP) is 3.01. The first-order chi connectivity index (χ1) is 14.8. The Morgan fingerprint density at radius 1 is 1.03 bits per heavy atom. The minimum atomic E-state index is -3.72. The average Bonchev–Trinajstić information content (AvgIpc) is 2.77. The van der Waals surface area contributed by atoms with Gasteiger partial charge in [0, 0.05) is 19.6 Å². The minimum Gasteiger partial charge on any atom is -0.493 e. The largest absolute Gasteiger partial charge is 0.493 e. The van der Waals surface area contributed by atoms with Gasteiger partial charge in [0.15, 0.2) is 11.5 Å².